The molecule has 5 saturated carbocycles. The van der Waals surface area contributed by atoms with E-state index in [1.54, 1.807) is 11.1 Å². The highest BCUT2D eigenvalue weighted by Gasteiger charge is 2.41. The number of hydrogen-bond acceptors (Lipinski definition) is 1. The Morgan fingerprint density at radius 3 is 1.33 bits per heavy atom. The van der Waals surface area contributed by atoms with Crippen LogP contribution in [-0.4, -0.2) is 0 Å². The van der Waals surface area contributed by atoms with Gasteiger partial charge >= 0.3 is 0 Å². The van der Waals surface area contributed by atoms with E-state index in [2.05, 4.69) is 108 Å². The van der Waals surface area contributed by atoms with Gasteiger partial charge in [-0.25, -0.2) is 0 Å². The molecule has 0 aliphatic heterocycles. The van der Waals surface area contributed by atoms with Crippen LogP contribution in [0.15, 0.2) is 103 Å². The van der Waals surface area contributed by atoms with E-state index in [4.69, 9.17) is 0 Å². The molecule has 1 heteroatoms. The van der Waals surface area contributed by atoms with E-state index in [9.17, 15) is 0 Å². The van der Waals surface area contributed by atoms with Crippen LogP contribution in [0.3, 0.4) is 0 Å². The minimum absolute atomic E-state index is 0.117. The first-order valence-corrected chi connectivity index (χ1v) is 18.9. The number of benzene rings is 4. The Labute approximate surface area is 277 Å². The fourth-order valence-electron chi connectivity index (χ4n) is 11.3. The van der Waals surface area contributed by atoms with Crippen LogP contribution in [0.5, 0.6) is 0 Å². The predicted octanol–water partition coefficient (Wildman–Crippen LogP) is 12.6. The number of hydrogen-bond donors (Lipinski definition) is 0. The minimum atomic E-state index is 0.117. The average Bonchev–Trinajstić information content (AvgIpc) is 3.92. The average molecular weight is 606 g/mol. The molecule has 5 aliphatic carbocycles. The molecule has 0 heterocycles. The topological polar surface area (TPSA) is 3.24 Å². The largest absolute Gasteiger partial charge is 0.311 e. The van der Waals surface area contributed by atoms with E-state index in [1.165, 1.54) is 118 Å². The van der Waals surface area contributed by atoms with Gasteiger partial charge in [0.05, 0.1) is 0 Å². The van der Waals surface area contributed by atoms with Gasteiger partial charge in [0.2, 0.25) is 0 Å². The zero-order valence-corrected chi connectivity index (χ0v) is 27.6. The maximum atomic E-state index is 2.52. The van der Waals surface area contributed by atoms with Crippen LogP contribution in [0, 0.1) is 23.7 Å². The Morgan fingerprint density at radius 1 is 0.435 bits per heavy atom. The molecule has 0 N–H and O–H groups in total. The quantitative estimate of drug-likeness (QED) is 0.189. The van der Waals surface area contributed by atoms with Crippen molar-refractivity contribution in [1.82, 2.24) is 0 Å². The molecular formula is C45H51N. The van der Waals surface area contributed by atoms with Crippen molar-refractivity contribution >= 4 is 17.1 Å². The van der Waals surface area contributed by atoms with Gasteiger partial charge in [0.1, 0.15) is 0 Å². The van der Waals surface area contributed by atoms with Crippen LogP contribution in [0.2, 0.25) is 0 Å². The number of nitrogens with zero attached hydrogens (tertiary/aromatic N) is 1. The Morgan fingerprint density at radius 2 is 0.891 bits per heavy atom. The summed E-state index contributed by atoms with van der Waals surface area (Å²) in [5, 5.41) is 0. The van der Waals surface area contributed by atoms with Gasteiger partial charge in [-0.2, -0.15) is 0 Å². The van der Waals surface area contributed by atoms with Crippen molar-refractivity contribution in [3.8, 4) is 0 Å². The third-order valence-corrected chi connectivity index (χ3v) is 13.6. The van der Waals surface area contributed by atoms with Crippen LogP contribution < -0.4 is 4.90 Å². The second-order valence-electron chi connectivity index (χ2n) is 16.0. The van der Waals surface area contributed by atoms with Crippen molar-refractivity contribution in [2.45, 2.75) is 107 Å². The van der Waals surface area contributed by atoms with Gasteiger partial charge in [-0.15, -0.1) is 0 Å². The monoisotopic (exact) mass is 605 g/mol. The highest BCUT2D eigenvalue weighted by Crippen LogP contribution is 2.54. The fourth-order valence-corrected chi connectivity index (χ4v) is 11.3. The van der Waals surface area contributed by atoms with Crippen LogP contribution >= 0.6 is 0 Å². The smallest absolute Gasteiger partial charge is 0.0461 e. The molecule has 0 amide bonds. The SMILES string of the molecule is c1ccc(C2(c3ccc(N(c4ccc(C5CC6CCC5C6)cc4)c4ccc(C5CC6CCC5C6)cc4)cc3)CCCCCC2)cc1. The Balaban J connectivity index is 1.06. The Kier molecular flexibility index (Phi) is 7.56. The molecular weight excluding hydrogens is 555 g/mol. The summed E-state index contributed by atoms with van der Waals surface area (Å²) in [7, 11) is 0. The lowest BCUT2D eigenvalue weighted by molar-refractivity contribution is 0.420. The molecule has 6 atom stereocenters. The maximum Gasteiger partial charge on any atom is 0.0461 e. The van der Waals surface area contributed by atoms with E-state index in [1.807, 2.05) is 0 Å². The van der Waals surface area contributed by atoms with E-state index < -0.39 is 0 Å². The lowest BCUT2D eigenvalue weighted by Crippen LogP contribution is -2.27. The summed E-state index contributed by atoms with van der Waals surface area (Å²) in [4.78, 5) is 2.52. The molecule has 0 saturated heterocycles. The van der Waals surface area contributed by atoms with Gasteiger partial charge in [0.15, 0.2) is 0 Å². The van der Waals surface area contributed by atoms with Crippen molar-refractivity contribution in [2.75, 3.05) is 4.90 Å². The van der Waals surface area contributed by atoms with Gasteiger partial charge in [-0.3, -0.25) is 0 Å². The van der Waals surface area contributed by atoms with Crippen molar-refractivity contribution in [2.24, 2.45) is 23.7 Å². The summed E-state index contributed by atoms with van der Waals surface area (Å²) < 4.78 is 0. The first kappa shape index (κ1) is 28.9. The summed E-state index contributed by atoms with van der Waals surface area (Å²) in [5.41, 5.74) is 10.1. The lowest BCUT2D eigenvalue weighted by Gasteiger charge is -2.35. The number of fused-ring (bicyclic) bond motifs is 4. The second kappa shape index (κ2) is 12.0. The molecule has 6 unspecified atom stereocenters. The summed E-state index contributed by atoms with van der Waals surface area (Å²) in [6.45, 7) is 0. The van der Waals surface area contributed by atoms with Gasteiger partial charge in [0.25, 0.3) is 0 Å². The van der Waals surface area contributed by atoms with Crippen LogP contribution in [0.1, 0.15) is 124 Å². The maximum absolute atomic E-state index is 2.52. The van der Waals surface area contributed by atoms with Crippen LogP contribution in [0.4, 0.5) is 17.1 Å². The summed E-state index contributed by atoms with van der Waals surface area (Å²) in [6.07, 6.45) is 19.4. The second-order valence-corrected chi connectivity index (χ2v) is 16.0. The zero-order valence-electron chi connectivity index (χ0n) is 27.6. The first-order chi connectivity index (χ1) is 22.7. The minimum Gasteiger partial charge on any atom is -0.311 e. The number of rotatable bonds is 7. The molecule has 0 spiro atoms. The highest BCUT2D eigenvalue weighted by atomic mass is 15.1. The van der Waals surface area contributed by atoms with Crippen molar-refractivity contribution in [1.29, 1.82) is 0 Å². The van der Waals surface area contributed by atoms with Crippen molar-refractivity contribution < 1.29 is 0 Å². The molecule has 4 aromatic carbocycles. The summed E-state index contributed by atoms with van der Waals surface area (Å²) in [5.74, 6) is 5.33. The molecule has 0 radical (unpaired) electrons. The molecule has 4 aromatic rings. The standard InChI is InChI=1S/C45H51N/c1-2-7-27-45(26-6-1,38-8-4-3-5-9-38)39-18-24-42(25-19-39)46(40-20-14-34(15-21-40)43-30-32-10-12-36(43)28-32)41-22-16-35(17-23-41)44-31-33-11-13-37(44)29-33/h3-5,8-9,14-25,32-33,36-37,43-44H,1-2,6-7,10-13,26-31H2. The van der Waals surface area contributed by atoms with E-state index in [-0.39, 0.29) is 5.41 Å². The Bertz CT molecular complexity index is 1540. The van der Waals surface area contributed by atoms with Crippen LogP contribution in [0.25, 0.3) is 0 Å². The fraction of sp³-hybridized carbons (Fsp3) is 0.467. The van der Waals surface area contributed by atoms with Gasteiger partial charge < -0.3 is 4.90 Å². The third-order valence-electron chi connectivity index (χ3n) is 13.6. The molecule has 46 heavy (non-hydrogen) atoms. The van der Waals surface area contributed by atoms with Gasteiger partial charge in [-0.1, -0.05) is 105 Å². The van der Waals surface area contributed by atoms with E-state index >= 15 is 0 Å². The van der Waals surface area contributed by atoms with Crippen LogP contribution in [-0.2, 0) is 5.41 Å². The lowest BCUT2D eigenvalue weighted by atomic mass is 9.69. The number of anilines is 3. The molecule has 236 valence electrons. The zero-order chi connectivity index (χ0) is 30.5. The third kappa shape index (κ3) is 5.14. The Hall–Kier alpha value is -3.32. The molecule has 4 bridgehead atoms. The van der Waals surface area contributed by atoms with Crippen molar-refractivity contribution in [3.63, 3.8) is 0 Å². The summed E-state index contributed by atoms with van der Waals surface area (Å²) in [6, 6.07) is 40.6. The van der Waals surface area contributed by atoms with E-state index in [0.717, 1.165) is 35.5 Å². The molecule has 5 aliphatic rings. The molecule has 9 rings (SSSR count). The highest BCUT2D eigenvalue weighted by molar-refractivity contribution is 5.77. The van der Waals surface area contributed by atoms with Gasteiger partial charge in [0, 0.05) is 22.5 Å². The molecule has 5 fully saturated rings. The molecule has 1 nitrogen and oxygen atoms in total. The van der Waals surface area contributed by atoms with E-state index in [0.29, 0.717) is 0 Å². The normalized spacial score (nSPS) is 29.6. The molecule has 0 aromatic heterocycles. The van der Waals surface area contributed by atoms with Gasteiger partial charge in [-0.05, 0) is 146 Å². The summed E-state index contributed by atoms with van der Waals surface area (Å²) >= 11 is 0. The van der Waals surface area contributed by atoms with Crippen molar-refractivity contribution in [3.05, 3.63) is 125 Å². The predicted molar refractivity (Wildman–Crippen MR) is 192 cm³/mol. The first-order valence-electron chi connectivity index (χ1n) is 18.9.